The van der Waals surface area contributed by atoms with Gasteiger partial charge < -0.3 is 24.4 Å². The number of amides is 2. The molecule has 0 bridgehead atoms. The van der Waals surface area contributed by atoms with Crippen molar-refractivity contribution in [3.8, 4) is 17.6 Å². The summed E-state index contributed by atoms with van der Waals surface area (Å²) < 4.78 is 95.7. The van der Waals surface area contributed by atoms with Crippen molar-refractivity contribution in [2.24, 2.45) is 0 Å². The third kappa shape index (κ3) is 9.03. The molecule has 1 aromatic carbocycles. The third-order valence-corrected chi connectivity index (χ3v) is 11.1. The Hall–Kier alpha value is -4.78. The van der Waals surface area contributed by atoms with E-state index in [0.29, 0.717) is 54.9 Å². The number of ether oxygens (including phenoxy) is 2. The molecular formula is C39H42F6N4O5S. The van der Waals surface area contributed by atoms with E-state index in [4.69, 9.17) is 9.47 Å². The summed E-state index contributed by atoms with van der Waals surface area (Å²) in [5.74, 6) is -1.39. The number of aliphatic hydroxyl groups is 1. The second kappa shape index (κ2) is 16.9. The number of carbonyl (C=O) groups is 2. The Morgan fingerprint density at radius 3 is 2.42 bits per heavy atom. The number of nitriles is 1. The van der Waals surface area contributed by atoms with Crippen LogP contribution in [0.1, 0.15) is 91.2 Å². The lowest BCUT2D eigenvalue weighted by Gasteiger charge is -2.51. The van der Waals surface area contributed by atoms with Crippen molar-refractivity contribution < 1.29 is 50.5 Å². The third-order valence-electron chi connectivity index (χ3n) is 10.2. The summed E-state index contributed by atoms with van der Waals surface area (Å²) in [7, 11) is 0. The van der Waals surface area contributed by atoms with Crippen LogP contribution >= 0.6 is 11.3 Å². The topological polar surface area (TPSA) is 116 Å². The molecule has 1 N–H and O–H groups in total. The summed E-state index contributed by atoms with van der Waals surface area (Å²) in [6.07, 6.45) is -6.03. The number of carbonyl (C=O) groups excluding carboxylic acids is 2. The Morgan fingerprint density at radius 1 is 1.05 bits per heavy atom. The number of hydrogen-bond donors (Lipinski definition) is 1. The van der Waals surface area contributed by atoms with E-state index in [1.807, 2.05) is 0 Å². The van der Waals surface area contributed by atoms with Crippen molar-refractivity contribution in [1.29, 1.82) is 5.26 Å². The highest BCUT2D eigenvalue weighted by Gasteiger charge is 2.57. The number of likely N-dealkylation sites (tertiary alicyclic amines) is 2. The first-order valence-corrected chi connectivity index (χ1v) is 18.9. The van der Waals surface area contributed by atoms with Gasteiger partial charge in [0.1, 0.15) is 22.1 Å². The number of nitrogens with zero attached hydrogens (tertiary/aromatic N) is 4. The maximum atomic E-state index is 15.0. The fourth-order valence-corrected chi connectivity index (χ4v) is 8.15. The molecule has 0 radical (unpaired) electrons. The van der Waals surface area contributed by atoms with Crippen molar-refractivity contribution in [1.82, 2.24) is 14.8 Å². The summed E-state index contributed by atoms with van der Waals surface area (Å²) in [6, 6.07) is 10.9. The first-order chi connectivity index (χ1) is 26.1. The fraction of sp³-hybridized carbons (Fsp3) is 0.487. The normalized spacial score (nSPS) is 20.1. The predicted molar refractivity (Wildman–Crippen MR) is 192 cm³/mol. The number of thiophene rings is 1. The van der Waals surface area contributed by atoms with Crippen LogP contribution in [0.4, 0.5) is 26.3 Å². The lowest BCUT2D eigenvalue weighted by Crippen LogP contribution is -2.68. The van der Waals surface area contributed by atoms with Gasteiger partial charge in [-0.05, 0) is 56.7 Å². The van der Waals surface area contributed by atoms with Crippen LogP contribution in [0.15, 0.2) is 66.4 Å². The largest absolute Gasteiger partial charge is 0.513 e. The molecule has 0 spiro atoms. The second-order valence-electron chi connectivity index (χ2n) is 13.8. The van der Waals surface area contributed by atoms with Gasteiger partial charge in [0.05, 0.1) is 35.5 Å². The van der Waals surface area contributed by atoms with E-state index in [1.165, 1.54) is 4.90 Å². The highest BCUT2D eigenvalue weighted by atomic mass is 32.1. The zero-order chi connectivity index (χ0) is 40.0. The number of halogens is 6. The Morgan fingerprint density at radius 2 is 1.78 bits per heavy atom. The molecule has 5 rings (SSSR count). The van der Waals surface area contributed by atoms with Crippen LogP contribution in [0.5, 0.6) is 11.5 Å². The van der Waals surface area contributed by atoms with Gasteiger partial charge >= 0.3 is 12.4 Å². The zero-order valence-electron chi connectivity index (χ0n) is 30.2. The van der Waals surface area contributed by atoms with E-state index >= 15 is 0 Å². The van der Waals surface area contributed by atoms with Crippen LogP contribution in [0.2, 0.25) is 0 Å². The predicted octanol–water partition coefficient (Wildman–Crippen LogP) is 9.11. The van der Waals surface area contributed by atoms with Gasteiger partial charge in [0.2, 0.25) is 5.60 Å². The number of hydrogen-bond acceptors (Lipinski definition) is 8. The lowest BCUT2D eigenvalue weighted by atomic mass is 9.72. The molecule has 9 nitrogen and oxygen atoms in total. The Balaban J connectivity index is 1.48. The molecule has 4 heterocycles. The number of piperidine rings is 2. The van der Waals surface area contributed by atoms with Crippen LogP contribution in [0.25, 0.3) is 0 Å². The molecule has 0 aliphatic carbocycles. The second-order valence-corrected chi connectivity index (χ2v) is 14.7. The standard InChI is InChI=1S/C39H42F6N4O5S/c1-3-10-31-37(54-27-23-32(55-24-27)39(43,44)45,15-9-19-49(31)34(51)33-29(38(40,41)42)13-8-18-47-33)35(52)48-20-16-36(25-46,17-21-48)28-12-4-5-14-30(28)53-22-7-6-11-26(2)50/h4-5,8,12-14,18,23-24,31,50H,2-3,6-7,9-11,15-17,19-22H2,1H3/t31-,37+/m1/s1. The van der Waals surface area contributed by atoms with Gasteiger partial charge in [-0.2, -0.15) is 31.6 Å². The first-order valence-electron chi connectivity index (χ1n) is 18.0. The van der Waals surface area contributed by atoms with Crippen LogP contribution in [-0.2, 0) is 22.6 Å². The number of pyridine rings is 1. The smallest absolute Gasteiger partial charge is 0.425 e. The molecule has 2 amide bonds. The van der Waals surface area contributed by atoms with Crippen LogP contribution < -0.4 is 9.47 Å². The highest BCUT2D eigenvalue weighted by molar-refractivity contribution is 7.10. The molecule has 2 aliphatic rings. The number of unbranched alkanes of at least 4 members (excludes halogenated alkanes) is 1. The van der Waals surface area contributed by atoms with Gasteiger partial charge in [0.15, 0.2) is 0 Å². The molecule has 2 aromatic heterocycles. The van der Waals surface area contributed by atoms with Gasteiger partial charge in [-0.3, -0.25) is 14.6 Å². The summed E-state index contributed by atoms with van der Waals surface area (Å²) in [5.41, 5.74) is -4.52. The number of benzene rings is 1. The van der Waals surface area contributed by atoms with E-state index in [-0.39, 0.29) is 63.2 Å². The lowest BCUT2D eigenvalue weighted by molar-refractivity contribution is -0.160. The highest BCUT2D eigenvalue weighted by Crippen LogP contribution is 2.45. The molecule has 0 saturated carbocycles. The van der Waals surface area contributed by atoms with Gasteiger partial charge in [0, 0.05) is 55.7 Å². The van der Waals surface area contributed by atoms with E-state index in [0.717, 1.165) is 34.7 Å². The monoisotopic (exact) mass is 792 g/mol. The van der Waals surface area contributed by atoms with Gasteiger partial charge in [-0.25, -0.2) is 0 Å². The van der Waals surface area contributed by atoms with E-state index < -0.39 is 57.4 Å². The van der Waals surface area contributed by atoms with Crippen molar-refractivity contribution in [3.63, 3.8) is 0 Å². The van der Waals surface area contributed by atoms with Crippen molar-refractivity contribution in [2.75, 3.05) is 26.2 Å². The van der Waals surface area contributed by atoms with Gasteiger partial charge in [0.25, 0.3) is 11.8 Å². The Kier molecular flexibility index (Phi) is 12.7. The van der Waals surface area contributed by atoms with E-state index in [9.17, 15) is 46.3 Å². The van der Waals surface area contributed by atoms with Crippen molar-refractivity contribution in [2.45, 2.75) is 94.1 Å². The molecule has 3 aromatic rings. The van der Waals surface area contributed by atoms with Gasteiger partial charge in [-0.15, -0.1) is 11.3 Å². The average molecular weight is 793 g/mol. The summed E-state index contributed by atoms with van der Waals surface area (Å²) in [6.45, 7) is 5.59. The molecule has 2 atom stereocenters. The van der Waals surface area contributed by atoms with Crippen LogP contribution in [-0.4, -0.2) is 69.6 Å². The molecule has 296 valence electrons. The van der Waals surface area contributed by atoms with E-state index in [1.54, 1.807) is 31.2 Å². The first kappa shape index (κ1) is 41.4. The number of aromatic nitrogens is 1. The number of allylic oxidation sites excluding steroid dienone is 1. The molecule has 0 unspecified atom stereocenters. The summed E-state index contributed by atoms with van der Waals surface area (Å²) in [5, 5.41) is 21.1. The molecule has 16 heteroatoms. The van der Waals surface area contributed by atoms with Crippen molar-refractivity contribution in [3.05, 3.63) is 88.1 Å². The molecule has 2 aliphatic heterocycles. The summed E-state index contributed by atoms with van der Waals surface area (Å²) >= 11 is 0.372. The minimum atomic E-state index is -4.91. The maximum absolute atomic E-state index is 15.0. The molecule has 2 fully saturated rings. The fourth-order valence-electron chi connectivity index (χ4n) is 7.48. The van der Waals surface area contributed by atoms with Gasteiger partial charge in [-0.1, -0.05) is 38.1 Å². The Bertz CT molecular complexity index is 1880. The number of aliphatic hydroxyl groups excluding tert-OH is 1. The molecular weight excluding hydrogens is 751 g/mol. The number of para-hydroxylation sites is 1. The van der Waals surface area contributed by atoms with Crippen LogP contribution in [0, 0.1) is 11.3 Å². The van der Waals surface area contributed by atoms with E-state index in [2.05, 4.69) is 17.6 Å². The summed E-state index contributed by atoms with van der Waals surface area (Å²) in [4.78, 5) is 34.4. The quantitative estimate of drug-likeness (QED) is 0.104. The SMILES string of the molecule is C=C(O)CCCCOc1ccccc1C1(C#N)CCN(C(=O)[C@]2(Oc3csc(C(F)(F)F)c3)CCCN(C(=O)c3ncccc3C(F)(F)F)[C@@H]2CCC)CC1. The number of alkyl halides is 6. The minimum Gasteiger partial charge on any atom is -0.513 e. The Labute approximate surface area is 319 Å². The van der Waals surface area contributed by atoms with Crippen LogP contribution in [0.3, 0.4) is 0 Å². The molecule has 2 saturated heterocycles. The number of rotatable bonds is 13. The minimum absolute atomic E-state index is 0.0349. The maximum Gasteiger partial charge on any atom is 0.425 e. The molecule has 55 heavy (non-hydrogen) atoms. The zero-order valence-corrected chi connectivity index (χ0v) is 31.0. The van der Waals surface area contributed by atoms with Crippen molar-refractivity contribution >= 4 is 23.2 Å². The average Bonchev–Trinajstić information content (AvgIpc) is 3.64.